The van der Waals surface area contributed by atoms with E-state index in [1.165, 1.54) is 12.3 Å². The van der Waals surface area contributed by atoms with E-state index >= 15 is 0 Å². The second kappa shape index (κ2) is 4.52. The third kappa shape index (κ3) is 2.75. The predicted molar refractivity (Wildman–Crippen MR) is 52.9 cm³/mol. The van der Waals surface area contributed by atoms with E-state index in [0.29, 0.717) is 4.47 Å². The summed E-state index contributed by atoms with van der Waals surface area (Å²) in [5.74, 6) is -2.84. The Bertz CT molecular complexity index is 467. The second-order valence-electron chi connectivity index (χ2n) is 2.42. The van der Waals surface area contributed by atoms with Gasteiger partial charge < -0.3 is 10.4 Å². The molecule has 1 heterocycles. The van der Waals surface area contributed by atoms with E-state index in [1.807, 2.05) is 5.32 Å². The summed E-state index contributed by atoms with van der Waals surface area (Å²) in [6.07, 6.45) is 1.37. The molecule has 0 aromatic carbocycles. The average Bonchev–Trinajstić information content (AvgIpc) is 2.18. The van der Waals surface area contributed by atoms with Gasteiger partial charge in [-0.15, -0.1) is 0 Å². The molecule has 1 amide bonds. The quantitative estimate of drug-likeness (QED) is 0.732. The monoisotopic (exact) mass is 269 g/mol. The zero-order valence-electron chi connectivity index (χ0n) is 7.19. The van der Waals surface area contributed by atoms with Crippen LogP contribution in [-0.2, 0) is 9.59 Å². The van der Waals surface area contributed by atoms with Crippen molar-refractivity contribution in [2.75, 3.05) is 5.32 Å². The number of aromatic nitrogens is 1. The molecule has 0 fully saturated rings. The molecule has 0 aliphatic carbocycles. The molecule has 0 spiro atoms. The van der Waals surface area contributed by atoms with Gasteiger partial charge in [0.05, 0.1) is 5.69 Å². The molecule has 0 saturated carbocycles. The van der Waals surface area contributed by atoms with E-state index < -0.39 is 11.9 Å². The molecule has 15 heavy (non-hydrogen) atoms. The van der Waals surface area contributed by atoms with Crippen molar-refractivity contribution in [1.82, 2.24) is 4.98 Å². The number of anilines is 1. The lowest BCUT2D eigenvalue weighted by Gasteiger charge is -2.03. The van der Waals surface area contributed by atoms with Crippen molar-refractivity contribution in [2.45, 2.75) is 0 Å². The standard InChI is InChI=1S/C8H4BrN3O3/c9-4-1-5(6(2-10)11-3-4)12-7(13)8(14)15/h1,3H,(H,12,13)(H,14,15). The van der Waals surface area contributed by atoms with Gasteiger partial charge in [0.15, 0.2) is 5.69 Å². The highest BCUT2D eigenvalue weighted by Gasteiger charge is 2.14. The number of hydrogen-bond donors (Lipinski definition) is 2. The van der Waals surface area contributed by atoms with Crippen molar-refractivity contribution in [3.63, 3.8) is 0 Å². The van der Waals surface area contributed by atoms with Gasteiger partial charge in [-0.2, -0.15) is 5.26 Å². The summed E-state index contributed by atoms with van der Waals surface area (Å²) in [6.45, 7) is 0. The van der Waals surface area contributed by atoms with Crippen molar-refractivity contribution in [2.24, 2.45) is 0 Å². The molecule has 76 valence electrons. The first-order valence-electron chi connectivity index (χ1n) is 3.64. The molecule has 0 aliphatic rings. The number of rotatable bonds is 1. The fraction of sp³-hybridized carbons (Fsp3) is 0. The SMILES string of the molecule is N#Cc1ncc(Br)cc1NC(=O)C(=O)O. The third-order valence-corrected chi connectivity index (χ3v) is 1.84. The number of amides is 1. The van der Waals surface area contributed by atoms with Gasteiger partial charge in [0.25, 0.3) is 0 Å². The van der Waals surface area contributed by atoms with Crippen LogP contribution in [0.4, 0.5) is 5.69 Å². The zero-order chi connectivity index (χ0) is 11.4. The van der Waals surface area contributed by atoms with Crippen LogP contribution in [0.25, 0.3) is 0 Å². The number of carboxylic acids is 1. The number of carbonyl (C=O) groups excluding carboxylic acids is 1. The Kier molecular flexibility index (Phi) is 3.36. The first kappa shape index (κ1) is 11.1. The van der Waals surface area contributed by atoms with E-state index in [-0.39, 0.29) is 11.4 Å². The highest BCUT2D eigenvalue weighted by molar-refractivity contribution is 9.10. The molecular weight excluding hydrogens is 266 g/mol. The zero-order valence-corrected chi connectivity index (χ0v) is 8.78. The number of nitrogens with zero attached hydrogens (tertiary/aromatic N) is 2. The summed E-state index contributed by atoms with van der Waals surface area (Å²) in [7, 11) is 0. The van der Waals surface area contributed by atoms with Gasteiger partial charge in [-0.05, 0) is 22.0 Å². The molecule has 1 aromatic heterocycles. The number of carbonyl (C=O) groups is 2. The van der Waals surface area contributed by atoms with E-state index in [9.17, 15) is 9.59 Å². The minimum Gasteiger partial charge on any atom is -0.474 e. The fourth-order valence-electron chi connectivity index (χ4n) is 0.799. The summed E-state index contributed by atoms with van der Waals surface area (Å²) in [6, 6.07) is 3.12. The molecule has 0 unspecified atom stereocenters. The summed E-state index contributed by atoms with van der Waals surface area (Å²) in [5, 5.41) is 19.0. The van der Waals surface area contributed by atoms with Gasteiger partial charge in [0, 0.05) is 10.7 Å². The van der Waals surface area contributed by atoms with Crippen LogP contribution in [-0.4, -0.2) is 22.0 Å². The average molecular weight is 270 g/mol. The molecular formula is C8H4BrN3O3. The van der Waals surface area contributed by atoms with E-state index in [0.717, 1.165) is 0 Å². The summed E-state index contributed by atoms with van der Waals surface area (Å²) in [5.41, 5.74) is 0.00655. The Labute approximate surface area is 92.7 Å². The van der Waals surface area contributed by atoms with Crippen LogP contribution >= 0.6 is 15.9 Å². The Balaban J connectivity index is 3.04. The van der Waals surface area contributed by atoms with Crippen LogP contribution in [0.2, 0.25) is 0 Å². The van der Waals surface area contributed by atoms with E-state index in [1.54, 1.807) is 6.07 Å². The Hall–Kier alpha value is -1.94. The van der Waals surface area contributed by atoms with Crippen LogP contribution in [0.5, 0.6) is 0 Å². The predicted octanol–water partition coefficient (Wildman–Crippen LogP) is 0.739. The number of aliphatic carboxylic acids is 1. The maximum absolute atomic E-state index is 10.8. The largest absolute Gasteiger partial charge is 0.474 e. The molecule has 2 N–H and O–H groups in total. The second-order valence-corrected chi connectivity index (χ2v) is 3.34. The molecule has 0 saturated heterocycles. The normalized spacial score (nSPS) is 9.07. The summed E-state index contributed by atoms with van der Waals surface area (Å²) < 4.78 is 0.530. The van der Waals surface area contributed by atoms with Gasteiger partial charge in [0.2, 0.25) is 0 Å². The molecule has 7 heteroatoms. The fourth-order valence-corrected chi connectivity index (χ4v) is 1.13. The van der Waals surface area contributed by atoms with Gasteiger partial charge >= 0.3 is 11.9 Å². The third-order valence-electron chi connectivity index (χ3n) is 1.40. The summed E-state index contributed by atoms with van der Waals surface area (Å²) in [4.78, 5) is 24.8. The first-order valence-corrected chi connectivity index (χ1v) is 4.44. The van der Waals surface area contributed by atoms with Crippen molar-refractivity contribution in [1.29, 1.82) is 5.26 Å². The van der Waals surface area contributed by atoms with Gasteiger partial charge in [-0.3, -0.25) is 4.79 Å². The topological polar surface area (TPSA) is 103 Å². The number of nitriles is 1. The maximum Gasteiger partial charge on any atom is 0.394 e. The lowest BCUT2D eigenvalue weighted by atomic mass is 10.3. The number of hydrogen-bond acceptors (Lipinski definition) is 4. The van der Waals surface area contributed by atoms with Crippen LogP contribution in [0.15, 0.2) is 16.7 Å². The van der Waals surface area contributed by atoms with Crippen LogP contribution in [0, 0.1) is 11.3 Å². The first-order chi connectivity index (χ1) is 7.04. The molecule has 0 aliphatic heterocycles. The van der Waals surface area contributed by atoms with Crippen molar-refractivity contribution >= 4 is 33.5 Å². The number of pyridine rings is 1. The van der Waals surface area contributed by atoms with E-state index in [2.05, 4.69) is 20.9 Å². The molecule has 0 radical (unpaired) electrons. The van der Waals surface area contributed by atoms with Crippen LogP contribution in [0.1, 0.15) is 5.69 Å². The summed E-state index contributed by atoms with van der Waals surface area (Å²) >= 11 is 3.08. The lowest BCUT2D eigenvalue weighted by molar-refractivity contribution is -0.147. The lowest BCUT2D eigenvalue weighted by Crippen LogP contribution is -2.22. The highest BCUT2D eigenvalue weighted by atomic mass is 79.9. The minimum atomic E-state index is -1.63. The molecule has 6 nitrogen and oxygen atoms in total. The number of carboxylic acid groups (broad SMARTS) is 1. The smallest absolute Gasteiger partial charge is 0.394 e. The van der Waals surface area contributed by atoms with Crippen molar-refractivity contribution < 1.29 is 14.7 Å². The Morgan fingerprint density at radius 1 is 1.60 bits per heavy atom. The molecule has 0 atom stereocenters. The maximum atomic E-state index is 10.8. The van der Waals surface area contributed by atoms with Crippen LogP contribution in [0.3, 0.4) is 0 Å². The minimum absolute atomic E-state index is 0.0483. The molecule has 1 aromatic rings. The number of halogens is 1. The molecule has 1 rings (SSSR count). The molecule has 0 bridgehead atoms. The van der Waals surface area contributed by atoms with E-state index in [4.69, 9.17) is 10.4 Å². The van der Waals surface area contributed by atoms with Crippen molar-refractivity contribution in [3.8, 4) is 6.07 Å². The van der Waals surface area contributed by atoms with Gasteiger partial charge in [-0.25, -0.2) is 9.78 Å². The van der Waals surface area contributed by atoms with Gasteiger partial charge in [0.1, 0.15) is 6.07 Å². The van der Waals surface area contributed by atoms with Gasteiger partial charge in [-0.1, -0.05) is 0 Å². The van der Waals surface area contributed by atoms with Crippen LogP contribution < -0.4 is 5.32 Å². The number of nitrogens with one attached hydrogen (secondary N) is 1. The Morgan fingerprint density at radius 3 is 2.80 bits per heavy atom. The highest BCUT2D eigenvalue weighted by Crippen LogP contribution is 2.18. The Morgan fingerprint density at radius 2 is 2.27 bits per heavy atom. The van der Waals surface area contributed by atoms with Crippen molar-refractivity contribution in [3.05, 3.63) is 22.4 Å².